The Morgan fingerprint density at radius 3 is 2.13 bits per heavy atom. The van der Waals surface area contributed by atoms with Crippen molar-refractivity contribution in [3.8, 4) is 0 Å². The second kappa shape index (κ2) is 6.55. The van der Waals surface area contributed by atoms with Crippen LogP contribution in [0.4, 0.5) is 30.9 Å². The van der Waals surface area contributed by atoms with Gasteiger partial charge in [-0.1, -0.05) is 0 Å². The van der Waals surface area contributed by atoms with Crippen molar-refractivity contribution in [1.82, 2.24) is 9.97 Å². The molecule has 120 valence electrons. The first-order valence-electron chi connectivity index (χ1n) is 7.21. The van der Waals surface area contributed by atoms with Crippen molar-refractivity contribution in [3.63, 3.8) is 0 Å². The van der Waals surface area contributed by atoms with Gasteiger partial charge in [0.25, 0.3) is 0 Å². The van der Waals surface area contributed by atoms with Crippen molar-refractivity contribution < 1.29 is 13.6 Å². The SMILES string of the molecule is O=C(Nc1cnc(N2CCCC2)nc1)Nc1cc(F)cc(F)c1. The van der Waals surface area contributed by atoms with Gasteiger partial charge in [0.05, 0.1) is 18.1 Å². The monoisotopic (exact) mass is 319 g/mol. The molecule has 1 aliphatic heterocycles. The Kier molecular flexibility index (Phi) is 4.31. The van der Waals surface area contributed by atoms with Gasteiger partial charge in [0.15, 0.2) is 0 Å². The van der Waals surface area contributed by atoms with Crippen molar-refractivity contribution in [2.75, 3.05) is 28.6 Å². The molecule has 0 unspecified atom stereocenters. The predicted molar refractivity (Wildman–Crippen MR) is 82.5 cm³/mol. The Balaban J connectivity index is 1.61. The number of amides is 2. The lowest BCUT2D eigenvalue weighted by Gasteiger charge is -2.14. The van der Waals surface area contributed by atoms with Gasteiger partial charge in [-0.15, -0.1) is 0 Å². The molecule has 0 atom stereocenters. The van der Waals surface area contributed by atoms with E-state index >= 15 is 0 Å². The summed E-state index contributed by atoms with van der Waals surface area (Å²) in [6, 6.07) is 2.15. The van der Waals surface area contributed by atoms with E-state index in [1.807, 2.05) is 0 Å². The van der Waals surface area contributed by atoms with E-state index in [1.54, 1.807) is 0 Å². The molecule has 2 aromatic rings. The van der Waals surface area contributed by atoms with Crippen LogP contribution in [0.15, 0.2) is 30.6 Å². The minimum Gasteiger partial charge on any atom is -0.341 e. The lowest BCUT2D eigenvalue weighted by Crippen LogP contribution is -2.22. The maximum absolute atomic E-state index is 13.1. The van der Waals surface area contributed by atoms with Crippen LogP contribution in [0, 0.1) is 11.6 Å². The van der Waals surface area contributed by atoms with Gasteiger partial charge in [-0.25, -0.2) is 23.5 Å². The molecule has 0 radical (unpaired) electrons. The molecule has 1 aromatic carbocycles. The first kappa shape index (κ1) is 15.1. The van der Waals surface area contributed by atoms with Crippen LogP contribution in [0.3, 0.4) is 0 Å². The van der Waals surface area contributed by atoms with Gasteiger partial charge in [-0.3, -0.25) is 0 Å². The Morgan fingerprint density at radius 2 is 1.52 bits per heavy atom. The van der Waals surface area contributed by atoms with Crippen LogP contribution in [-0.2, 0) is 0 Å². The number of aromatic nitrogens is 2. The van der Waals surface area contributed by atoms with Gasteiger partial charge in [0.2, 0.25) is 5.95 Å². The Morgan fingerprint density at radius 1 is 0.957 bits per heavy atom. The molecular weight excluding hydrogens is 304 g/mol. The molecular formula is C15H15F2N5O. The largest absolute Gasteiger partial charge is 0.341 e. The van der Waals surface area contributed by atoms with E-state index in [0.717, 1.165) is 44.1 Å². The van der Waals surface area contributed by atoms with E-state index in [2.05, 4.69) is 25.5 Å². The molecule has 1 saturated heterocycles. The number of hydrogen-bond donors (Lipinski definition) is 2. The average Bonchev–Trinajstić information content (AvgIpc) is 3.01. The van der Waals surface area contributed by atoms with Crippen molar-refractivity contribution in [2.24, 2.45) is 0 Å². The third-order valence-electron chi connectivity index (χ3n) is 3.41. The molecule has 0 saturated carbocycles. The highest BCUT2D eigenvalue weighted by molar-refractivity contribution is 5.99. The van der Waals surface area contributed by atoms with Gasteiger partial charge in [-0.05, 0) is 25.0 Å². The van der Waals surface area contributed by atoms with Crippen molar-refractivity contribution >= 4 is 23.4 Å². The van der Waals surface area contributed by atoms with Crippen molar-refractivity contribution in [1.29, 1.82) is 0 Å². The normalized spacial score (nSPS) is 13.9. The Labute approximate surface area is 131 Å². The zero-order chi connectivity index (χ0) is 16.2. The van der Waals surface area contributed by atoms with Crippen molar-refractivity contribution in [2.45, 2.75) is 12.8 Å². The Bertz CT molecular complexity index is 681. The van der Waals surface area contributed by atoms with E-state index < -0.39 is 17.7 Å². The van der Waals surface area contributed by atoms with E-state index in [0.29, 0.717) is 11.6 Å². The number of hydrogen-bond acceptors (Lipinski definition) is 4. The van der Waals surface area contributed by atoms with Crippen LogP contribution in [0.5, 0.6) is 0 Å². The lowest BCUT2D eigenvalue weighted by atomic mass is 10.3. The summed E-state index contributed by atoms with van der Waals surface area (Å²) in [6.45, 7) is 1.86. The molecule has 2 amide bonds. The third kappa shape index (κ3) is 3.91. The standard InChI is InChI=1S/C15H15F2N5O/c16-10-5-11(17)7-12(6-10)20-15(23)21-13-8-18-14(19-9-13)22-3-1-2-4-22/h5-9H,1-4H2,(H2,20,21,23). The smallest absolute Gasteiger partial charge is 0.323 e. The summed E-state index contributed by atoms with van der Waals surface area (Å²) in [7, 11) is 0. The highest BCUT2D eigenvalue weighted by atomic mass is 19.1. The highest BCUT2D eigenvalue weighted by Crippen LogP contribution is 2.17. The van der Waals surface area contributed by atoms with Crippen LogP contribution in [0.1, 0.15) is 12.8 Å². The molecule has 23 heavy (non-hydrogen) atoms. The summed E-state index contributed by atoms with van der Waals surface area (Å²) >= 11 is 0. The zero-order valence-corrected chi connectivity index (χ0v) is 12.2. The minimum absolute atomic E-state index is 0.0228. The maximum atomic E-state index is 13.1. The minimum atomic E-state index is -0.765. The first-order valence-corrected chi connectivity index (χ1v) is 7.21. The number of rotatable bonds is 3. The second-order valence-electron chi connectivity index (χ2n) is 5.20. The number of nitrogens with one attached hydrogen (secondary N) is 2. The third-order valence-corrected chi connectivity index (χ3v) is 3.41. The number of carbonyl (C=O) groups excluding carboxylic acids is 1. The first-order chi connectivity index (χ1) is 11.1. The van der Waals surface area contributed by atoms with Gasteiger partial charge in [-0.2, -0.15) is 0 Å². The molecule has 3 rings (SSSR count). The van der Waals surface area contributed by atoms with Crippen LogP contribution in [-0.4, -0.2) is 29.1 Å². The number of nitrogens with zero attached hydrogens (tertiary/aromatic N) is 3. The fourth-order valence-corrected chi connectivity index (χ4v) is 2.39. The molecule has 1 aliphatic rings. The van der Waals surface area contributed by atoms with Crippen molar-refractivity contribution in [3.05, 3.63) is 42.2 Å². The van der Waals surface area contributed by atoms with Crippen LogP contribution in [0.2, 0.25) is 0 Å². The van der Waals surface area contributed by atoms with E-state index in [-0.39, 0.29) is 5.69 Å². The summed E-state index contributed by atoms with van der Waals surface area (Å²) in [5.74, 6) is -0.905. The number of carbonyl (C=O) groups is 1. The lowest BCUT2D eigenvalue weighted by molar-refractivity contribution is 0.262. The summed E-state index contributed by atoms with van der Waals surface area (Å²) in [5, 5.41) is 4.85. The molecule has 6 nitrogen and oxygen atoms in total. The molecule has 1 fully saturated rings. The van der Waals surface area contributed by atoms with Gasteiger partial charge in [0.1, 0.15) is 11.6 Å². The Hall–Kier alpha value is -2.77. The van der Waals surface area contributed by atoms with E-state index in [9.17, 15) is 13.6 Å². The van der Waals surface area contributed by atoms with Gasteiger partial charge < -0.3 is 15.5 Å². The highest BCUT2D eigenvalue weighted by Gasteiger charge is 2.14. The summed E-state index contributed by atoms with van der Waals surface area (Å²) in [5.41, 5.74) is 0.414. The average molecular weight is 319 g/mol. The number of anilines is 3. The maximum Gasteiger partial charge on any atom is 0.323 e. The summed E-state index contributed by atoms with van der Waals surface area (Å²) < 4.78 is 26.1. The molecule has 0 spiro atoms. The fraction of sp³-hybridized carbons (Fsp3) is 0.267. The van der Waals surface area contributed by atoms with E-state index in [1.165, 1.54) is 12.4 Å². The predicted octanol–water partition coefficient (Wildman–Crippen LogP) is 3.00. The molecule has 2 N–H and O–H groups in total. The summed E-state index contributed by atoms with van der Waals surface area (Å²) in [6.07, 6.45) is 5.23. The molecule has 1 aromatic heterocycles. The van der Waals surface area contributed by atoms with Crippen LogP contribution >= 0.6 is 0 Å². The topological polar surface area (TPSA) is 70.2 Å². The number of benzene rings is 1. The number of urea groups is 1. The quantitative estimate of drug-likeness (QED) is 0.912. The van der Waals surface area contributed by atoms with Crippen LogP contribution in [0.25, 0.3) is 0 Å². The molecule has 8 heteroatoms. The van der Waals surface area contributed by atoms with Gasteiger partial charge >= 0.3 is 6.03 Å². The zero-order valence-electron chi connectivity index (χ0n) is 12.2. The molecule has 2 heterocycles. The number of halogens is 2. The molecule has 0 aliphatic carbocycles. The summed E-state index contributed by atoms with van der Waals surface area (Å²) in [4.78, 5) is 22.3. The van der Waals surface area contributed by atoms with E-state index in [4.69, 9.17) is 0 Å². The fourth-order valence-electron chi connectivity index (χ4n) is 2.39. The van der Waals surface area contributed by atoms with Crippen LogP contribution < -0.4 is 15.5 Å². The second-order valence-corrected chi connectivity index (χ2v) is 5.20. The van der Waals surface area contributed by atoms with Gasteiger partial charge in [0, 0.05) is 24.8 Å². The molecule has 0 bridgehead atoms.